The lowest BCUT2D eigenvalue weighted by molar-refractivity contribution is 0.669. The first-order chi connectivity index (χ1) is 28.2. The van der Waals surface area contributed by atoms with Crippen molar-refractivity contribution in [2.45, 2.75) is 0 Å². The van der Waals surface area contributed by atoms with E-state index in [0.29, 0.717) is 5.82 Å². The zero-order valence-corrected chi connectivity index (χ0v) is 30.9. The molecular formula is C54H34N2O. The molecule has 266 valence electrons. The van der Waals surface area contributed by atoms with Crippen LogP contribution in [0.5, 0.6) is 0 Å². The van der Waals surface area contributed by atoms with Crippen molar-refractivity contribution in [3.8, 4) is 67.3 Å². The molecule has 57 heavy (non-hydrogen) atoms. The first-order valence-electron chi connectivity index (χ1n) is 19.3. The molecule has 0 spiro atoms. The number of para-hydroxylation sites is 1. The lowest BCUT2D eigenvalue weighted by Gasteiger charge is -2.15. The average molecular weight is 727 g/mol. The van der Waals surface area contributed by atoms with Gasteiger partial charge in [-0.05, 0) is 110 Å². The second-order valence-electron chi connectivity index (χ2n) is 14.6. The third-order valence-electron chi connectivity index (χ3n) is 11.0. The highest BCUT2D eigenvalue weighted by Crippen LogP contribution is 2.39. The van der Waals surface area contributed by atoms with Crippen molar-refractivity contribution in [1.29, 1.82) is 0 Å². The minimum atomic E-state index is 0.681. The molecule has 0 amide bonds. The molecule has 0 unspecified atom stereocenters. The van der Waals surface area contributed by atoms with Crippen LogP contribution in [0, 0.1) is 0 Å². The molecule has 0 saturated heterocycles. The van der Waals surface area contributed by atoms with E-state index in [1.54, 1.807) is 0 Å². The molecule has 2 aromatic heterocycles. The van der Waals surface area contributed by atoms with Crippen LogP contribution in [0.15, 0.2) is 211 Å². The van der Waals surface area contributed by atoms with Gasteiger partial charge in [0.15, 0.2) is 5.82 Å². The maximum absolute atomic E-state index is 6.23. The molecule has 0 aliphatic carbocycles. The summed E-state index contributed by atoms with van der Waals surface area (Å²) in [5.41, 5.74) is 13.3. The number of hydrogen-bond donors (Lipinski definition) is 0. The minimum Gasteiger partial charge on any atom is -0.456 e. The van der Waals surface area contributed by atoms with E-state index in [1.807, 2.05) is 30.3 Å². The van der Waals surface area contributed by atoms with Crippen LogP contribution in [0.25, 0.3) is 111 Å². The molecule has 3 heteroatoms. The summed E-state index contributed by atoms with van der Waals surface area (Å²) in [4.78, 5) is 10.6. The number of hydrogen-bond acceptors (Lipinski definition) is 3. The van der Waals surface area contributed by atoms with Crippen molar-refractivity contribution in [3.05, 3.63) is 206 Å². The zero-order valence-electron chi connectivity index (χ0n) is 30.9. The van der Waals surface area contributed by atoms with Crippen molar-refractivity contribution in [2.24, 2.45) is 0 Å². The van der Waals surface area contributed by atoms with Gasteiger partial charge in [0.25, 0.3) is 0 Å². The van der Waals surface area contributed by atoms with Crippen LogP contribution in [0.2, 0.25) is 0 Å². The Morgan fingerprint density at radius 2 is 0.825 bits per heavy atom. The Hall–Kier alpha value is -7.62. The van der Waals surface area contributed by atoms with Gasteiger partial charge in [-0.15, -0.1) is 0 Å². The summed E-state index contributed by atoms with van der Waals surface area (Å²) in [6.07, 6.45) is 0. The molecule has 0 N–H and O–H groups in total. The maximum atomic E-state index is 6.23. The van der Waals surface area contributed by atoms with E-state index in [-0.39, 0.29) is 0 Å². The highest BCUT2D eigenvalue weighted by Gasteiger charge is 2.17. The maximum Gasteiger partial charge on any atom is 0.160 e. The summed E-state index contributed by atoms with van der Waals surface area (Å²) in [5.74, 6) is 0.681. The summed E-state index contributed by atoms with van der Waals surface area (Å²) < 4.78 is 6.23. The molecule has 2 heterocycles. The van der Waals surface area contributed by atoms with E-state index in [1.165, 1.54) is 21.5 Å². The largest absolute Gasteiger partial charge is 0.456 e. The summed E-state index contributed by atoms with van der Waals surface area (Å²) in [5, 5.41) is 7.05. The van der Waals surface area contributed by atoms with E-state index in [9.17, 15) is 0 Å². The third-order valence-corrected chi connectivity index (χ3v) is 11.0. The predicted octanol–water partition coefficient (Wildman–Crippen LogP) is 14.7. The molecule has 0 aliphatic heterocycles. The molecule has 3 nitrogen and oxygen atoms in total. The first kappa shape index (κ1) is 32.8. The number of rotatable bonds is 6. The number of nitrogens with zero attached hydrogens (tertiary/aromatic N) is 2. The van der Waals surface area contributed by atoms with Crippen LogP contribution in [0.1, 0.15) is 0 Å². The van der Waals surface area contributed by atoms with E-state index >= 15 is 0 Å². The van der Waals surface area contributed by atoms with Gasteiger partial charge in [-0.25, -0.2) is 9.97 Å². The van der Waals surface area contributed by atoms with Gasteiger partial charge in [-0.2, -0.15) is 0 Å². The van der Waals surface area contributed by atoms with Gasteiger partial charge in [-0.1, -0.05) is 152 Å². The molecular weight excluding hydrogens is 693 g/mol. The molecule has 11 rings (SSSR count). The van der Waals surface area contributed by atoms with E-state index in [2.05, 4.69) is 176 Å². The fourth-order valence-electron chi connectivity index (χ4n) is 8.15. The third kappa shape index (κ3) is 6.03. The molecule has 0 atom stereocenters. The summed E-state index contributed by atoms with van der Waals surface area (Å²) in [6, 6.07) is 73.0. The standard InChI is InChI=1S/C54H34N2O/c1-2-14-37(15-3-1)54-55-50(34-51(56-54)47-19-9-8-18-46(47)42-25-23-36-13-5-7-17-39(36)29-42)45-31-43(40-24-22-35-12-4-6-16-38(35)28-40)30-44(32-45)41-26-27-53-49(33-41)48-20-10-11-21-52(48)57-53/h1-34H. The quantitative estimate of drug-likeness (QED) is 0.171. The predicted molar refractivity (Wildman–Crippen MR) is 237 cm³/mol. The molecule has 9 aromatic carbocycles. The number of aromatic nitrogens is 2. The second kappa shape index (κ2) is 13.6. The minimum absolute atomic E-state index is 0.681. The topological polar surface area (TPSA) is 38.9 Å². The van der Waals surface area contributed by atoms with Crippen LogP contribution >= 0.6 is 0 Å². The Balaban J connectivity index is 1.13. The second-order valence-corrected chi connectivity index (χ2v) is 14.6. The lowest BCUT2D eigenvalue weighted by Crippen LogP contribution is -1.97. The Bertz CT molecular complexity index is 3310. The van der Waals surface area contributed by atoms with E-state index in [4.69, 9.17) is 14.4 Å². The van der Waals surface area contributed by atoms with E-state index < -0.39 is 0 Å². The van der Waals surface area contributed by atoms with Crippen molar-refractivity contribution >= 4 is 43.5 Å². The first-order valence-corrected chi connectivity index (χ1v) is 19.3. The van der Waals surface area contributed by atoms with Crippen molar-refractivity contribution in [1.82, 2.24) is 9.97 Å². The smallest absolute Gasteiger partial charge is 0.160 e. The Labute approximate surface area is 330 Å². The lowest BCUT2D eigenvalue weighted by atomic mass is 9.92. The average Bonchev–Trinajstić information content (AvgIpc) is 3.67. The van der Waals surface area contributed by atoms with Crippen LogP contribution in [0.3, 0.4) is 0 Å². The number of furan rings is 1. The fourth-order valence-corrected chi connectivity index (χ4v) is 8.15. The SMILES string of the molecule is c1ccc(-c2nc(-c3cc(-c4ccc5ccccc5c4)cc(-c4ccc5oc6ccccc6c5c4)c3)cc(-c3ccccc3-c3ccc4ccccc4c3)n2)cc1. The van der Waals surface area contributed by atoms with Gasteiger partial charge >= 0.3 is 0 Å². The van der Waals surface area contributed by atoms with Gasteiger partial charge < -0.3 is 4.42 Å². The van der Waals surface area contributed by atoms with Gasteiger partial charge in [0.2, 0.25) is 0 Å². The highest BCUT2D eigenvalue weighted by molar-refractivity contribution is 6.06. The summed E-state index contributed by atoms with van der Waals surface area (Å²) in [6.45, 7) is 0. The van der Waals surface area contributed by atoms with Gasteiger partial charge in [0.05, 0.1) is 11.4 Å². The fraction of sp³-hybridized carbons (Fsp3) is 0. The number of fused-ring (bicyclic) bond motifs is 5. The molecule has 0 radical (unpaired) electrons. The molecule has 0 aliphatic rings. The van der Waals surface area contributed by atoms with Crippen molar-refractivity contribution in [3.63, 3.8) is 0 Å². The summed E-state index contributed by atoms with van der Waals surface area (Å²) >= 11 is 0. The summed E-state index contributed by atoms with van der Waals surface area (Å²) in [7, 11) is 0. The molecule has 0 saturated carbocycles. The van der Waals surface area contributed by atoms with Gasteiger partial charge in [0, 0.05) is 27.5 Å². The zero-order chi connectivity index (χ0) is 37.7. The van der Waals surface area contributed by atoms with Crippen LogP contribution in [-0.4, -0.2) is 9.97 Å². The normalized spacial score (nSPS) is 11.5. The van der Waals surface area contributed by atoms with Crippen LogP contribution < -0.4 is 0 Å². The van der Waals surface area contributed by atoms with Gasteiger partial charge in [-0.3, -0.25) is 0 Å². The molecule has 0 bridgehead atoms. The van der Waals surface area contributed by atoms with E-state index in [0.717, 1.165) is 83.4 Å². The van der Waals surface area contributed by atoms with Crippen molar-refractivity contribution in [2.75, 3.05) is 0 Å². The van der Waals surface area contributed by atoms with Crippen LogP contribution in [0.4, 0.5) is 0 Å². The molecule has 11 aromatic rings. The Morgan fingerprint density at radius 1 is 0.281 bits per heavy atom. The Kier molecular flexibility index (Phi) is 7.82. The monoisotopic (exact) mass is 726 g/mol. The van der Waals surface area contributed by atoms with Gasteiger partial charge in [0.1, 0.15) is 11.2 Å². The molecule has 0 fully saturated rings. The highest BCUT2D eigenvalue weighted by atomic mass is 16.3. The van der Waals surface area contributed by atoms with Crippen molar-refractivity contribution < 1.29 is 4.42 Å². The number of benzene rings is 9. The Morgan fingerprint density at radius 3 is 1.60 bits per heavy atom. The van der Waals surface area contributed by atoms with Crippen LogP contribution in [-0.2, 0) is 0 Å².